The van der Waals surface area contributed by atoms with Crippen LogP contribution in [0.15, 0.2) is 59.3 Å². The van der Waals surface area contributed by atoms with Gasteiger partial charge in [0, 0.05) is 11.3 Å². The van der Waals surface area contributed by atoms with E-state index in [0.717, 1.165) is 16.9 Å². The van der Waals surface area contributed by atoms with Crippen molar-refractivity contribution in [1.82, 2.24) is 14.9 Å². The van der Waals surface area contributed by atoms with Gasteiger partial charge in [-0.05, 0) is 42.0 Å². The molecule has 0 radical (unpaired) electrons. The summed E-state index contributed by atoms with van der Waals surface area (Å²) >= 11 is 1.48. The largest absolute Gasteiger partial charge is 0.497 e. The van der Waals surface area contributed by atoms with Gasteiger partial charge >= 0.3 is 0 Å². The topological polar surface area (TPSA) is 80.0 Å². The number of ether oxygens (including phenoxy) is 4. The Morgan fingerprint density at radius 2 is 1.65 bits per heavy atom. The van der Waals surface area contributed by atoms with Crippen LogP contribution in [0.25, 0.3) is 11.4 Å². The lowest BCUT2D eigenvalue weighted by Crippen LogP contribution is -2.00. The second kappa shape index (κ2) is 10.5. The SMILES string of the molecule is C=CCSc1nnc(-c2cc(OC)c(OC)c(OC)c2)n1/N=C/c1ccc(OC)cc1. The summed E-state index contributed by atoms with van der Waals surface area (Å²) in [6, 6.07) is 11.2. The minimum Gasteiger partial charge on any atom is -0.497 e. The highest BCUT2D eigenvalue weighted by atomic mass is 32.2. The van der Waals surface area contributed by atoms with Gasteiger partial charge in [-0.1, -0.05) is 17.8 Å². The van der Waals surface area contributed by atoms with Crippen LogP contribution in [0.3, 0.4) is 0 Å². The van der Waals surface area contributed by atoms with E-state index in [2.05, 4.69) is 21.9 Å². The van der Waals surface area contributed by atoms with Gasteiger partial charge in [0.2, 0.25) is 10.9 Å². The van der Waals surface area contributed by atoms with Gasteiger partial charge in [-0.25, -0.2) is 0 Å². The van der Waals surface area contributed by atoms with Crippen LogP contribution in [0.5, 0.6) is 23.0 Å². The smallest absolute Gasteiger partial charge is 0.212 e. The molecule has 0 saturated carbocycles. The Labute approximate surface area is 185 Å². The molecule has 31 heavy (non-hydrogen) atoms. The van der Waals surface area contributed by atoms with Crippen molar-refractivity contribution in [3.63, 3.8) is 0 Å². The minimum atomic E-state index is 0.503. The van der Waals surface area contributed by atoms with Gasteiger partial charge in [-0.3, -0.25) is 0 Å². The van der Waals surface area contributed by atoms with Gasteiger partial charge in [0.1, 0.15) is 5.75 Å². The maximum Gasteiger partial charge on any atom is 0.212 e. The maximum absolute atomic E-state index is 5.47. The van der Waals surface area contributed by atoms with Crippen LogP contribution in [0.1, 0.15) is 5.56 Å². The highest BCUT2D eigenvalue weighted by Crippen LogP contribution is 2.41. The first-order valence-electron chi connectivity index (χ1n) is 9.33. The van der Waals surface area contributed by atoms with Crippen molar-refractivity contribution in [3.05, 3.63) is 54.6 Å². The van der Waals surface area contributed by atoms with Crippen molar-refractivity contribution in [2.24, 2.45) is 5.10 Å². The number of thioether (sulfide) groups is 1. The second-order valence-electron chi connectivity index (χ2n) is 6.15. The molecule has 0 bridgehead atoms. The van der Waals surface area contributed by atoms with Crippen LogP contribution in [0, 0.1) is 0 Å². The van der Waals surface area contributed by atoms with Gasteiger partial charge in [0.25, 0.3) is 0 Å². The first kappa shape index (κ1) is 22.2. The molecule has 0 fully saturated rings. The van der Waals surface area contributed by atoms with Crippen molar-refractivity contribution >= 4 is 18.0 Å². The molecule has 2 aromatic carbocycles. The fourth-order valence-corrected chi connectivity index (χ4v) is 3.42. The monoisotopic (exact) mass is 440 g/mol. The van der Waals surface area contributed by atoms with Crippen LogP contribution < -0.4 is 18.9 Å². The number of benzene rings is 2. The van der Waals surface area contributed by atoms with E-state index in [1.165, 1.54) is 11.8 Å². The van der Waals surface area contributed by atoms with Crippen LogP contribution >= 0.6 is 11.8 Å². The average Bonchev–Trinajstić information content (AvgIpc) is 3.23. The van der Waals surface area contributed by atoms with E-state index in [-0.39, 0.29) is 0 Å². The molecule has 3 rings (SSSR count). The molecular weight excluding hydrogens is 416 g/mol. The first-order chi connectivity index (χ1) is 15.1. The molecule has 0 atom stereocenters. The molecule has 1 aromatic heterocycles. The van der Waals surface area contributed by atoms with E-state index in [9.17, 15) is 0 Å². The van der Waals surface area contributed by atoms with Gasteiger partial charge in [0.05, 0.1) is 34.7 Å². The Hall–Kier alpha value is -3.46. The number of hydrogen-bond acceptors (Lipinski definition) is 8. The summed E-state index contributed by atoms with van der Waals surface area (Å²) in [5.74, 6) is 3.53. The molecule has 0 amide bonds. The van der Waals surface area contributed by atoms with Crippen molar-refractivity contribution < 1.29 is 18.9 Å². The Balaban J connectivity index is 2.07. The number of nitrogens with zero attached hydrogens (tertiary/aromatic N) is 4. The summed E-state index contributed by atoms with van der Waals surface area (Å²) in [6.45, 7) is 3.77. The average molecular weight is 441 g/mol. The summed E-state index contributed by atoms with van der Waals surface area (Å²) in [5.41, 5.74) is 1.63. The van der Waals surface area contributed by atoms with Crippen molar-refractivity contribution in [2.45, 2.75) is 5.16 Å². The molecule has 0 unspecified atom stereocenters. The standard InChI is InChI=1S/C22H24N4O4S/c1-6-11-31-22-25-24-21(16-12-18(28-3)20(30-5)19(13-16)29-4)26(22)23-14-15-7-9-17(27-2)10-8-15/h6-10,12-14H,1,11H2,2-5H3/b23-14+. The first-order valence-corrected chi connectivity index (χ1v) is 10.3. The number of aromatic nitrogens is 3. The number of hydrogen-bond donors (Lipinski definition) is 0. The molecule has 0 N–H and O–H groups in total. The van der Waals surface area contributed by atoms with Crippen molar-refractivity contribution in [2.75, 3.05) is 34.2 Å². The quantitative estimate of drug-likeness (QED) is 0.266. The molecule has 0 aliphatic heterocycles. The molecule has 3 aromatic rings. The van der Waals surface area contributed by atoms with E-state index in [4.69, 9.17) is 18.9 Å². The van der Waals surface area contributed by atoms with Gasteiger partial charge in [-0.2, -0.15) is 9.78 Å². The molecule has 8 nitrogen and oxygen atoms in total. The van der Waals surface area contributed by atoms with Gasteiger partial charge in [0.15, 0.2) is 17.3 Å². The van der Waals surface area contributed by atoms with E-state index >= 15 is 0 Å². The maximum atomic E-state index is 5.47. The minimum absolute atomic E-state index is 0.503. The fourth-order valence-electron chi connectivity index (χ4n) is 2.80. The normalized spacial score (nSPS) is 10.8. The van der Waals surface area contributed by atoms with Crippen molar-refractivity contribution in [3.8, 4) is 34.4 Å². The zero-order valence-electron chi connectivity index (χ0n) is 17.9. The van der Waals surface area contributed by atoms with Gasteiger partial charge in [-0.15, -0.1) is 16.8 Å². The summed E-state index contributed by atoms with van der Waals surface area (Å²) in [4.78, 5) is 0. The van der Waals surface area contributed by atoms with Gasteiger partial charge < -0.3 is 18.9 Å². The van der Waals surface area contributed by atoms with Crippen molar-refractivity contribution in [1.29, 1.82) is 0 Å². The highest BCUT2D eigenvalue weighted by molar-refractivity contribution is 7.99. The van der Waals surface area contributed by atoms with E-state index in [1.807, 2.05) is 36.4 Å². The van der Waals surface area contributed by atoms with Crippen LogP contribution in [0.4, 0.5) is 0 Å². The molecule has 0 aliphatic rings. The van der Waals surface area contributed by atoms with E-state index in [0.29, 0.717) is 34.0 Å². The molecule has 0 aliphatic carbocycles. The third-order valence-corrected chi connectivity index (χ3v) is 5.22. The zero-order valence-corrected chi connectivity index (χ0v) is 18.7. The Bertz CT molecular complexity index is 1040. The van der Waals surface area contributed by atoms with Crippen LogP contribution in [0.2, 0.25) is 0 Å². The molecule has 9 heteroatoms. The van der Waals surface area contributed by atoms with Crippen LogP contribution in [-0.4, -0.2) is 55.3 Å². The Kier molecular flexibility index (Phi) is 7.55. The highest BCUT2D eigenvalue weighted by Gasteiger charge is 2.19. The van der Waals surface area contributed by atoms with E-state index in [1.54, 1.807) is 45.4 Å². The molecule has 0 saturated heterocycles. The molecule has 1 heterocycles. The lowest BCUT2D eigenvalue weighted by molar-refractivity contribution is 0.324. The number of methoxy groups -OCH3 is 4. The fraction of sp³-hybridized carbons (Fsp3) is 0.227. The van der Waals surface area contributed by atoms with Crippen LogP contribution in [-0.2, 0) is 0 Å². The summed E-state index contributed by atoms with van der Waals surface area (Å²) in [5, 5.41) is 13.9. The molecule has 0 spiro atoms. The predicted octanol–water partition coefficient (Wildman–Crippen LogP) is 4.14. The van der Waals surface area contributed by atoms with E-state index < -0.39 is 0 Å². The third-order valence-electron chi connectivity index (χ3n) is 4.30. The Morgan fingerprint density at radius 1 is 0.968 bits per heavy atom. The summed E-state index contributed by atoms with van der Waals surface area (Å²) in [6.07, 6.45) is 3.54. The second-order valence-corrected chi connectivity index (χ2v) is 7.14. The predicted molar refractivity (Wildman–Crippen MR) is 122 cm³/mol. The molecular formula is C22H24N4O4S. The zero-order chi connectivity index (χ0) is 22.2. The number of rotatable bonds is 10. The Morgan fingerprint density at radius 3 is 2.19 bits per heavy atom. The molecule has 162 valence electrons. The summed E-state index contributed by atoms with van der Waals surface area (Å²) in [7, 11) is 6.33. The lowest BCUT2D eigenvalue weighted by atomic mass is 10.1. The summed E-state index contributed by atoms with van der Waals surface area (Å²) < 4.78 is 23.2. The lowest BCUT2D eigenvalue weighted by Gasteiger charge is -2.13. The third kappa shape index (κ3) is 5.00.